The fourth-order valence-corrected chi connectivity index (χ4v) is 5.24. The van der Waals surface area contributed by atoms with Crippen LogP contribution >= 0.6 is 34.8 Å². The number of carbonyl (C=O) groups is 1. The van der Waals surface area contributed by atoms with Gasteiger partial charge in [-0.25, -0.2) is 0 Å². The Labute approximate surface area is 162 Å². The molecule has 1 aliphatic heterocycles. The van der Waals surface area contributed by atoms with Crippen LogP contribution in [0.2, 0.25) is 15.1 Å². The summed E-state index contributed by atoms with van der Waals surface area (Å²) in [5.41, 5.74) is 2.33. The number of fused-ring (bicyclic) bond motifs is 1. The van der Waals surface area contributed by atoms with Crippen LogP contribution in [0, 0.1) is 11.8 Å². The standard InChI is InChI=1S/C20H18Cl3NO/c21-12-3-1-11(2-4-12)19-15(14-6-5-13(22)9-18(14)23)7-8-16-17(19)10-24-20(16)25/h1-6,9,15-17,19H,7-8,10H2,(H,24,25)/t15-,16-,17-,19+/m1/s1. The molecule has 4 atom stereocenters. The van der Waals surface area contributed by atoms with Crippen LogP contribution in [0.1, 0.15) is 35.8 Å². The molecule has 2 aromatic rings. The molecule has 1 N–H and O–H groups in total. The minimum Gasteiger partial charge on any atom is -0.356 e. The molecule has 2 nitrogen and oxygen atoms in total. The summed E-state index contributed by atoms with van der Waals surface area (Å²) in [6.07, 6.45) is 1.83. The quantitative estimate of drug-likeness (QED) is 0.698. The van der Waals surface area contributed by atoms with Gasteiger partial charge in [-0.05, 0) is 66.0 Å². The summed E-state index contributed by atoms with van der Waals surface area (Å²) >= 11 is 18.7. The highest BCUT2D eigenvalue weighted by molar-refractivity contribution is 6.35. The smallest absolute Gasteiger partial charge is 0.223 e. The van der Waals surface area contributed by atoms with Gasteiger partial charge in [0.05, 0.1) is 0 Å². The van der Waals surface area contributed by atoms with E-state index in [1.807, 2.05) is 30.3 Å². The van der Waals surface area contributed by atoms with E-state index in [1.54, 1.807) is 0 Å². The number of hydrogen-bond acceptors (Lipinski definition) is 1. The van der Waals surface area contributed by atoms with Gasteiger partial charge >= 0.3 is 0 Å². The van der Waals surface area contributed by atoms with Crippen LogP contribution in [0.25, 0.3) is 0 Å². The van der Waals surface area contributed by atoms with Crippen molar-refractivity contribution in [3.8, 4) is 0 Å². The largest absolute Gasteiger partial charge is 0.356 e. The number of hydrogen-bond donors (Lipinski definition) is 1. The van der Waals surface area contributed by atoms with Crippen molar-refractivity contribution in [2.75, 3.05) is 6.54 Å². The summed E-state index contributed by atoms with van der Waals surface area (Å²) in [4.78, 5) is 12.2. The molecule has 2 fully saturated rings. The lowest BCUT2D eigenvalue weighted by Gasteiger charge is -2.40. The molecule has 2 aliphatic rings. The van der Waals surface area contributed by atoms with Gasteiger partial charge in [0.15, 0.2) is 0 Å². The first-order chi connectivity index (χ1) is 12.0. The second-order valence-electron chi connectivity index (χ2n) is 6.94. The van der Waals surface area contributed by atoms with Crippen molar-refractivity contribution in [1.82, 2.24) is 5.32 Å². The molecule has 1 saturated heterocycles. The van der Waals surface area contributed by atoms with Crippen LogP contribution in [0.5, 0.6) is 0 Å². The molecule has 25 heavy (non-hydrogen) atoms. The Morgan fingerprint density at radius 3 is 2.28 bits per heavy atom. The molecule has 1 aliphatic carbocycles. The third-order valence-electron chi connectivity index (χ3n) is 5.67. The second kappa shape index (κ2) is 6.83. The minimum absolute atomic E-state index is 0.0861. The summed E-state index contributed by atoms with van der Waals surface area (Å²) < 4.78 is 0. The number of nitrogens with one attached hydrogen (secondary N) is 1. The fourth-order valence-electron chi connectivity index (χ4n) is 4.56. The van der Waals surface area contributed by atoms with E-state index in [1.165, 1.54) is 5.56 Å². The van der Waals surface area contributed by atoms with Crippen molar-refractivity contribution in [3.05, 3.63) is 68.7 Å². The van der Waals surface area contributed by atoms with Crippen molar-refractivity contribution in [2.45, 2.75) is 24.7 Å². The van der Waals surface area contributed by atoms with Gasteiger partial charge < -0.3 is 5.32 Å². The van der Waals surface area contributed by atoms with Gasteiger partial charge in [0.1, 0.15) is 0 Å². The second-order valence-corrected chi connectivity index (χ2v) is 8.22. The Bertz CT molecular complexity index is 805. The summed E-state index contributed by atoms with van der Waals surface area (Å²) in [6.45, 7) is 0.721. The Balaban J connectivity index is 1.78. The number of halogens is 3. The molecule has 5 heteroatoms. The van der Waals surface area contributed by atoms with Gasteiger partial charge in [-0.1, -0.05) is 53.0 Å². The Hall–Kier alpha value is -1.22. The average Bonchev–Trinajstić information content (AvgIpc) is 2.97. The molecule has 1 amide bonds. The lowest BCUT2D eigenvalue weighted by molar-refractivity contribution is -0.123. The third-order valence-corrected chi connectivity index (χ3v) is 6.48. The van der Waals surface area contributed by atoms with E-state index in [0.717, 1.165) is 30.0 Å². The predicted octanol–water partition coefficient (Wildman–Crippen LogP) is 5.67. The normalized spacial score (nSPS) is 28.5. The number of rotatable bonds is 2. The first kappa shape index (κ1) is 17.2. The SMILES string of the molecule is O=C1NC[C@H]2[C@@H](c3ccc(Cl)cc3)[C@@H](c3ccc(Cl)cc3Cl)CC[C@@H]12. The van der Waals surface area contributed by atoms with E-state index in [0.29, 0.717) is 10.0 Å². The predicted molar refractivity (Wildman–Crippen MR) is 103 cm³/mol. The van der Waals surface area contributed by atoms with E-state index >= 15 is 0 Å². The molecule has 0 bridgehead atoms. The molecule has 0 aromatic heterocycles. The highest BCUT2D eigenvalue weighted by Crippen LogP contribution is 2.52. The highest BCUT2D eigenvalue weighted by atomic mass is 35.5. The number of benzene rings is 2. The third kappa shape index (κ3) is 3.16. The van der Waals surface area contributed by atoms with Crippen molar-refractivity contribution >= 4 is 40.7 Å². The van der Waals surface area contributed by atoms with Gasteiger partial charge in [-0.15, -0.1) is 0 Å². The molecular formula is C20H18Cl3NO. The van der Waals surface area contributed by atoms with Crippen LogP contribution in [-0.2, 0) is 4.79 Å². The lowest BCUT2D eigenvalue weighted by Crippen LogP contribution is -2.32. The Morgan fingerprint density at radius 2 is 1.56 bits per heavy atom. The van der Waals surface area contributed by atoms with Gasteiger partial charge in [-0.3, -0.25) is 4.79 Å². The Kier molecular flexibility index (Phi) is 4.70. The monoisotopic (exact) mass is 393 g/mol. The van der Waals surface area contributed by atoms with Crippen molar-refractivity contribution < 1.29 is 4.79 Å². The van der Waals surface area contributed by atoms with Crippen molar-refractivity contribution in [2.24, 2.45) is 11.8 Å². The first-order valence-electron chi connectivity index (χ1n) is 8.52. The molecular weight excluding hydrogens is 377 g/mol. The minimum atomic E-state index is 0.0861. The average molecular weight is 395 g/mol. The van der Waals surface area contributed by atoms with Crippen LogP contribution < -0.4 is 5.32 Å². The van der Waals surface area contributed by atoms with Crippen LogP contribution in [-0.4, -0.2) is 12.5 Å². The van der Waals surface area contributed by atoms with E-state index in [9.17, 15) is 4.79 Å². The lowest BCUT2D eigenvalue weighted by atomic mass is 9.63. The number of amides is 1. The molecule has 1 saturated carbocycles. The van der Waals surface area contributed by atoms with Gasteiger partial charge in [-0.2, -0.15) is 0 Å². The molecule has 4 rings (SSSR count). The maximum atomic E-state index is 12.2. The van der Waals surface area contributed by atoms with Gasteiger partial charge in [0, 0.05) is 27.5 Å². The molecule has 130 valence electrons. The summed E-state index contributed by atoms with van der Waals surface area (Å²) in [5.74, 6) is 1.04. The zero-order valence-corrected chi connectivity index (χ0v) is 15.8. The topological polar surface area (TPSA) is 29.1 Å². The first-order valence-corrected chi connectivity index (χ1v) is 9.66. The van der Waals surface area contributed by atoms with Crippen LogP contribution in [0.15, 0.2) is 42.5 Å². The van der Waals surface area contributed by atoms with Crippen LogP contribution in [0.4, 0.5) is 0 Å². The Morgan fingerprint density at radius 1 is 0.880 bits per heavy atom. The van der Waals surface area contributed by atoms with E-state index in [2.05, 4.69) is 17.4 Å². The fraction of sp³-hybridized carbons (Fsp3) is 0.350. The highest BCUT2D eigenvalue weighted by Gasteiger charge is 2.47. The van der Waals surface area contributed by atoms with Crippen molar-refractivity contribution in [3.63, 3.8) is 0 Å². The number of carbonyl (C=O) groups excluding carboxylic acids is 1. The van der Waals surface area contributed by atoms with Crippen LogP contribution in [0.3, 0.4) is 0 Å². The molecule has 0 unspecified atom stereocenters. The summed E-state index contributed by atoms with van der Waals surface area (Å²) in [6, 6.07) is 13.7. The maximum absolute atomic E-state index is 12.2. The molecule has 2 aromatic carbocycles. The zero-order valence-electron chi connectivity index (χ0n) is 13.5. The molecule has 0 spiro atoms. The van der Waals surface area contributed by atoms with E-state index in [-0.39, 0.29) is 29.6 Å². The summed E-state index contributed by atoms with van der Waals surface area (Å²) in [5, 5.41) is 5.11. The van der Waals surface area contributed by atoms with E-state index in [4.69, 9.17) is 34.8 Å². The van der Waals surface area contributed by atoms with Gasteiger partial charge in [0.2, 0.25) is 5.91 Å². The molecule has 0 radical (unpaired) electrons. The summed E-state index contributed by atoms with van der Waals surface area (Å²) in [7, 11) is 0. The molecule has 1 heterocycles. The zero-order chi connectivity index (χ0) is 17.6. The van der Waals surface area contributed by atoms with Gasteiger partial charge in [0.25, 0.3) is 0 Å². The van der Waals surface area contributed by atoms with Crippen molar-refractivity contribution in [1.29, 1.82) is 0 Å². The van der Waals surface area contributed by atoms with E-state index < -0.39 is 0 Å². The maximum Gasteiger partial charge on any atom is 0.223 e.